The molecule has 0 heterocycles. The molecule has 138 valence electrons. The topological polar surface area (TPSA) is 61.4 Å². The first kappa shape index (κ1) is 19.4. The maximum atomic E-state index is 12.9. The minimum absolute atomic E-state index is 0.0455. The van der Waals surface area contributed by atoms with E-state index in [1.54, 1.807) is 18.9 Å². The first-order valence-corrected chi connectivity index (χ1v) is 8.93. The van der Waals surface area contributed by atoms with E-state index in [0.29, 0.717) is 11.6 Å². The molecular formula is C19H28FN3O2. The molecule has 0 aromatic heterocycles. The molecule has 0 bridgehead atoms. The van der Waals surface area contributed by atoms with E-state index in [0.717, 1.165) is 19.3 Å². The number of carbonyl (C=O) groups excluding carboxylic acids is 2. The Kier molecular flexibility index (Phi) is 6.93. The van der Waals surface area contributed by atoms with Crippen molar-refractivity contribution in [3.05, 3.63) is 30.1 Å². The zero-order valence-electron chi connectivity index (χ0n) is 15.2. The van der Waals surface area contributed by atoms with Gasteiger partial charge in [-0.3, -0.25) is 14.5 Å². The van der Waals surface area contributed by atoms with Gasteiger partial charge in [-0.25, -0.2) is 4.39 Å². The predicted molar refractivity (Wildman–Crippen MR) is 96.7 cm³/mol. The van der Waals surface area contributed by atoms with Gasteiger partial charge in [-0.1, -0.05) is 19.8 Å². The molecule has 0 spiro atoms. The molecule has 1 saturated carbocycles. The second-order valence-electron chi connectivity index (χ2n) is 7.02. The Morgan fingerprint density at radius 1 is 1.24 bits per heavy atom. The summed E-state index contributed by atoms with van der Waals surface area (Å²) in [7, 11) is 1.75. The molecule has 1 aliphatic carbocycles. The van der Waals surface area contributed by atoms with Crippen molar-refractivity contribution in [2.24, 2.45) is 5.92 Å². The van der Waals surface area contributed by atoms with Gasteiger partial charge in [0.15, 0.2) is 0 Å². The number of rotatable bonds is 6. The smallest absolute Gasteiger partial charge is 0.238 e. The highest BCUT2D eigenvalue weighted by Crippen LogP contribution is 2.23. The Morgan fingerprint density at radius 2 is 1.88 bits per heavy atom. The maximum absolute atomic E-state index is 12.9. The van der Waals surface area contributed by atoms with Gasteiger partial charge in [-0.2, -0.15) is 0 Å². The van der Waals surface area contributed by atoms with Crippen molar-refractivity contribution in [2.75, 3.05) is 18.9 Å². The van der Waals surface area contributed by atoms with Crippen molar-refractivity contribution in [3.8, 4) is 0 Å². The number of nitrogens with zero attached hydrogens (tertiary/aromatic N) is 1. The highest BCUT2D eigenvalue weighted by Gasteiger charge is 2.26. The summed E-state index contributed by atoms with van der Waals surface area (Å²) in [6.07, 6.45) is 4.55. The van der Waals surface area contributed by atoms with Gasteiger partial charge in [0, 0.05) is 11.7 Å². The van der Waals surface area contributed by atoms with Gasteiger partial charge in [-0.05, 0) is 57.0 Å². The standard InChI is InChI=1S/C19H28FN3O2/c1-13-6-4-5-7-17(13)22-19(25)14(2)23(3)12-18(24)21-16-10-8-15(20)9-11-16/h8-11,13-14,17H,4-7,12H2,1-3H3,(H,21,24)(H,22,25)/t13-,14-,17+/m1/s1. The fourth-order valence-corrected chi connectivity index (χ4v) is 3.13. The van der Waals surface area contributed by atoms with Crippen molar-refractivity contribution >= 4 is 17.5 Å². The Balaban J connectivity index is 1.81. The van der Waals surface area contributed by atoms with Crippen LogP contribution in [-0.2, 0) is 9.59 Å². The number of hydrogen-bond acceptors (Lipinski definition) is 3. The minimum atomic E-state index is -0.395. The number of likely N-dealkylation sites (N-methyl/N-ethyl adjacent to an activating group) is 1. The average molecular weight is 349 g/mol. The Hall–Kier alpha value is -1.95. The highest BCUT2D eigenvalue weighted by molar-refractivity contribution is 5.92. The van der Waals surface area contributed by atoms with Crippen molar-refractivity contribution in [1.82, 2.24) is 10.2 Å². The summed E-state index contributed by atoms with van der Waals surface area (Å²) < 4.78 is 12.9. The third-order valence-corrected chi connectivity index (χ3v) is 5.00. The Labute approximate surface area is 149 Å². The number of hydrogen-bond donors (Lipinski definition) is 2. The van der Waals surface area contributed by atoms with Crippen LogP contribution in [0.25, 0.3) is 0 Å². The molecule has 0 radical (unpaired) electrons. The lowest BCUT2D eigenvalue weighted by Gasteiger charge is -2.32. The van der Waals surface area contributed by atoms with Gasteiger partial charge in [0.25, 0.3) is 0 Å². The molecular weight excluding hydrogens is 321 g/mol. The van der Waals surface area contributed by atoms with E-state index in [9.17, 15) is 14.0 Å². The van der Waals surface area contributed by atoms with Crippen LogP contribution in [0.5, 0.6) is 0 Å². The van der Waals surface area contributed by atoms with E-state index in [-0.39, 0.29) is 30.2 Å². The second-order valence-corrected chi connectivity index (χ2v) is 7.02. The summed E-state index contributed by atoms with van der Waals surface area (Å²) in [6.45, 7) is 4.06. The second kappa shape index (κ2) is 8.94. The summed E-state index contributed by atoms with van der Waals surface area (Å²) in [5, 5.41) is 5.83. The largest absolute Gasteiger partial charge is 0.352 e. The van der Waals surface area contributed by atoms with Crippen LogP contribution in [0.1, 0.15) is 39.5 Å². The normalized spacial score (nSPS) is 21.6. The lowest BCUT2D eigenvalue weighted by Crippen LogP contribution is -2.50. The molecule has 1 fully saturated rings. The number of nitrogens with one attached hydrogen (secondary N) is 2. The van der Waals surface area contributed by atoms with Crippen LogP contribution in [0.4, 0.5) is 10.1 Å². The highest BCUT2D eigenvalue weighted by atomic mass is 19.1. The average Bonchev–Trinajstić information content (AvgIpc) is 2.58. The molecule has 2 amide bonds. The van der Waals surface area contributed by atoms with Crippen molar-refractivity contribution in [2.45, 2.75) is 51.6 Å². The number of amides is 2. The summed E-state index contributed by atoms with van der Waals surface area (Å²) >= 11 is 0. The number of anilines is 1. The minimum Gasteiger partial charge on any atom is -0.352 e. The van der Waals surface area contributed by atoms with Gasteiger partial charge < -0.3 is 10.6 Å². The van der Waals surface area contributed by atoms with Crippen molar-refractivity contribution < 1.29 is 14.0 Å². The molecule has 2 N–H and O–H groups in total. The third kappa shape index (κ3) is 5.81. The van der Waals surface area contributed by atoms with Crippen molar-refractivity contribution in [1.29, 1.82) is 0 Å². The van der Waals surface area contributed by atoms with E-state index in [4.69, 9.17) is 0 Å². The van der Waals surface area contributed by atoms with E-state index >= 15 is 0 Å². The van der Waals surface area contributed by atoms with Crippen LogP contribution >= 0.6 is 0 Å². The summed E-state index contributed by atoms with van der Waals surface area (Å²) in [5.41, 5.74) is 0.535. The predicted octanol–water partition coefficient (Wildman–Crippen LogP) is 2.78. The number of halogens is 1. The number of carbonyl (C=O) groups is 2. The number of benzene rings is 1. The molecule has 0 saturated heterocycles. The zero-order valence-corrected chi connectivity index (χ0v) is 15.2. The van der Waals surface area contributed by atoms with E-state index in [2.05, 4.69) is 17.6 Å². The SMILES string of the molecule is C[C@@H]1CCCC[C@@H]1NC(=O)[C@@H](C)N(C)CC(=O)Nc1ccc(F)cc1. The van der Waals surface area contributed by atoms with Gasteiger partial charge in [-0.15, -0.1) is 0 Å². The fourth-order valence-electron chi connectivity index (χ4n) is 3.13. The van der Waals surface area contributed by atoms with Crippen LogP contribution in [0.2, 0.25) is 0 Å². The van der Waals surface area contributed by atoms with Crippen LogP contribution in [0.3, 0.4) is 0 Å². The van der Waals surface area contributed by atoms with Crippen molar-refractivity contribution in [3.63, 3.8) is 0 Å². The Morgan fingerprint density at radius 3 is 2.52 bits per heavy atom. The van der Waals surface area contributed by atoms with Gasteiger partial charge in [0.05, 0.1) is 12.6 Å². The Bertz CT molecular complexity index is 591. The van der Waals surface area contributed by atoms with Crippen LogP contribution < -0.4 is 10.6 Å². The quantitative estimate of drug-likeness (QED) is 0.830. The summed E-state index contributed by atoms with van der Waals surface area (Å²) in [6, 6.07) is 5.43. The van der Waals surface area contributed by atoms with Crippen LogP contribution in [-0.4, -0.2) is 42.4 Å². The van der Waals surface area contributed by atoms with Gasteiger partial charge in [0.1, 0.15) is 5.82 Å². The molecule has 1 aliphatic rings. The molecule has 0 aliphatic heterocycles. The lowest BCUT2D eigenvalue weighted by atomic mass is 9.86. The monoisotopic (exact) mass is 349 g/mol. The lowest BCUT2D eigenvalue weighted by molar-refractivity contribution is -0.127. The molecule has 2 rings (SSSR count). The molecule has 5 nitrogen and oxygen atoms in total. The molecule has 1 aromatic carbocycles. The van der Waals surface area contributed by atoms with E-state index < -0.39 is 6.04 Å². The molecule has 25 heavy (non-hydrogen) atoms. The molecule has 3 atom stereocenters. The van der Waals surface area contributed by atoms with E-state index in [1.807, 2.05) is 0 Å². The molecule has 6 heteroatoms. The fraction of sp³-hybridized carbons (Fsp3) is 0.579. The summed E-state index contributed by atoms with van der Waals surface area (Å²) in [5.74, 6) is -0.134. The first-order chi connectivity index (χ1) is 11.9. The molecule has 1 aromatic rings. The van der Waals surface area contributed by atoms with Crippen LogP contribution in [0, 0.1) is 11.7 Å². The first-order valence-electron chi connectivity index (χ1n) is 8.93. The van der Waals surface area contributed by atoms with Gasteiger partial charge >= 0.3 is 0 Å². The maximum Gasteiger partial charge on any atom is 0.238 e. The van der Waals surface area contributed by atoms with Gasteiger partial charge in [0.2, 0.25) is 11.8 Å². The zero-order chi connectivity index (χ0) is 18.4. The summed E-state index contributed by atoms with van der Waals surface area (Å²) in [4.78, 5) is 26.3. The van der Waals surface area contributed by atoms with E-state index in [1.165, 1.54) is 30.7 Å². The molecule has 0 unspecified atom stereocenters. The third-order valence-electron chi connectivity index (χ3n) is 5.00. The van der Waals surface area contributed by atoms with Crippen LogP contribution in [0.15, 0.2) is 24.3 Å².